The SMILES string of the molecule is [O]=[Sr](=[O])=[O]. The van der Waals surface area contributed by atoms with Crippen LogP contribution in [0.25, 0.3) is 0 Å². The molecular formula is O3Sr. The molecule has 0 bridgehead atoms. The van der Waals surface area contributed by atoms with Crippen molar-refractivity contribution in [3.63, 3.8) is 0 Å². The van der Waals surface area contributed by atoms with E-state index in [1.807, 2.05) is 0 Å². The minimum atomic E-state index is -4.48. The second-order valence-electron chi connectivity index (χ2n) is 0.354. The Morgan fingerprint density at radius 3 is 1.00 bits per heavy atom. The van der Waals surface area contributed by atoms with Gasteiger partial charge < -0.3 is 0 Å². The minimum absolute atomic E-state index is 4.48. The van der Waals surface area contributed by atoms with Crippen molar-refractivity contribution in [1.82, 2.24) is 0 Å². The van der Waals surface area contributed by atoms with Gasteiger partial charge in [0, 0.05) is 0 Å². The average Bonchev–Trinajstić information content (AvgIpc) is 0.811. The second-order valence-corrected chi connectivity index (χ2v) is 2.09. The van der Waals surface area contributed by atoms with Crippen molar-refractivity contribution in [2.45, 2.75) is 0 Å². The molecule has 0 saturated carbocycles. The van der Waals surface area contributed by atoms with E-state index >= 15 is 0 Å². The molecule has 0 N–H and O–H groups in total. The van der Waals surface area contributed by atoms with Crippen LogP contribution in [0.15, 0.2) is 0 Å². The van der Waals surface area contributed by atoms with E-state index in [0.29, 0.717) is 0 Å². The van der Waals surface area contributed by atoms with Crippen LogP contribution in [-0.2, 0) is 1.41 Å². The van der Waals surface area contributed by atoms with Crippen LogP contribution in [0.3, 0.4) is 0 Å². The van der Waals surface area contributed by atoms with Crippen molar-refractivity contribution >= 4 is 39.2 Å². The van der Waals surface area contributed by atoms with Gasteiger partial charge in [0.25, 0.3) is 0 Å². The summed E-state index contributed by atoms with van der Waals surface area (Å²) in [5.41, 5.74) is 0. The Labute approximate surface area is 39.9 Å². The van der Waals surface area contributed by atoms with Gasteiger partial charge in [-0.15, -0.1) is 0 Å². The van der Waals surface area contributed by atoms with Gasteiger partial charge in [-0.2, -0.15) is 0 Å². The summed E-state index contributed by atoms with van der Waals surface area (Å²) >= 11 is -4.48. The molecule has 3 nitrogen and oxygen atoms in total. The van der Waals surface area contributed by atoms with E-state index in [9.17, 15) is 0 Å². The molecular weight excluding hydrogens is 136 g/mol. The molecule has 0 aromatic rings. The fourth-order valence-corrected chi connectivity index (χ4v) is 0. The average molecular weight is 136 g/mol. The molecule has 0 unspecified atom stereocenters. The third-order valence-corrected chi connectivity index (χ3v) is 0. The van der Waals surface area contributed by atoms with Crippen molar-refractivity contribution in [2.24, 2.45) is 0 Å². The van der Waals surface area contributed by atoms with Crippen LogP contribution >= 0.6 is 0 Å². The first-order chi connectivity index (χ1) is 1.73. The van der Waals surface area contributed by atoms with Gasteiger partial charge in [-0.05, 0) is 0 Å². The number of rotatable bonds is 0. The zero-order chi connectivity index (χ0) is 3.58. The zero-order valence-electron chi connectivity index (χ0n) is 1.93. The fraction of sp³-hybridized carbons (Fsp3) is 0. The van der Waals surface area contributed by atoms with Gasteiger partial charge in [-0.3, -0.25) is 0 Å². The topological polar surface area (TPSA) is 51.2 Å². The van der Waals surface area contributed by atoms with Crippen molar-refractivity contribution in [3.05, 3.63) is 0 Å². The van der Waals surface area contributed by atoms with Crippen molar-refractivity contribution in [1.29, 1.82) is 0 Å². The Bertz CT molecular complexity index is 72.7. The first-order valence-corrected chi connectivity index (χ1v) is 5.12. The van der Waals surface area contributed by atoms with Gasteiger partial charge in [0.15, 0.2) is 0 Å². The molecule has 0 spiro atoms. The number of hydrogen-bond acceptors (Lipinski definition) is 3. The van der Waals surface area contributed by atoms with Crippen LogP contribution in [0.2, 0.25) is 0 Å². The Kier molecular flexibility index (Phi) is 2.61. The summed E-state index contributed by atoms with van der Waals surface area (Å²) in [6, 6.07) is 0. The summed E-state index contributed by atoms with van der Waals surface area (Å²) in [6.45, 7) is 0. The first-order valence-electron chi connectivity index (χ1n) is 0.866. The second kappa shape index (κ2) is 2.14. The maximum atomic E-state index is 8.64. The molecule has 0 heterocycles. The van der Waals surface area contributed by atoms with Gasteiger partial charge in [0.1, 0.15) is 0 Å². The van der Waals surface area contributed by atoms with E-state index in [2.05, 4.69) is 0 Å². The molecule has 0 aliphatic carbocycles. The Morgan fingerprint density at radius 1 is 1.00 bits per heavy atom. The van der Waals surface area contributed by atoms with Crippen molar-refractivity contribution in [2.75, 3.05) is 0 Å². The van der Waals surface area contributed by atoms with E-state index in [0.717, 1.165) is 0 Å². The third-order valence-electron chi connectivity index (χ3n) is 0. The molecule has 0 aromatic carbocycles. The first kappa shape index (κ1) is 4.88. The molecule has 0 radical (unpaired) electrons. The van der Waals surface area contributed by atoms with Crippen LogP contribution in [-0.4, -0.2) is 39.2 Å². The Hall–Kier alpha value is 0.881. The maximum absolute atomic E-state index is 8.64. The van der Waals surface area contributed by atoms with Crippen LogP contribution < -0.4 is 0 Å². The molecule has 4 heavy (non-hydrogen) atoms. The van der Waals surface area contributed by atoms with Crippen LogP contribution in [0.1, 0.15) is 0 Å². The van der Waals surface area contributed by atoms with E-state index in [1.165, 1.54) is 0 Å². The van der Waals surface area contributed by atoms with Gasteiger partial charge >= 0.3 is 40.7 Å². The zero-order valence-corrected chi connectivity index (χ0v) is 5.41. The summed E-state index contributed by atoms with van der Waals surface area (Å²) in [6.07, 6.45) is 0. The molecule has 0 saturated heterocycles. The molecule has 20 valence electrons. The molecule has 0 aliphatic rings. The summed E-state index contributed by atoms with van der Waals surface area (Å²) in [7, 11) is 0. The van der Waals surface area contributed by atoms with E-state index in [4.69, 9.17) is 1.41 Å². The van der Waals surface area contributed by atoms with Crippen LogP contribution in [0.5, 0.6) is 0 Å². The normalized spacial score (nSPS) is 10.5. The number of hydrogen-bond donors (Lipinski definition) is 0. The van der Waals surface area contributed by atoms with Crippen molar-refractivity contribution < 1.29 is 1.41 Å². The summed E-state index contributed by atoms with van der Waals surface area (Å²) in [5, 5.41) is 0. The van der Waals surface area contributed by atoms with E-state index in [-0.39, 0.29) is 0 Å². The molecule has 0 fully saturated rings. The van der Waals surface area contributed by atoms with Gasteiger partial charge in [-0.1, -0.05) is 0 Å². The predicted octanol–water partition coefficient (Wildman–Crippen LogP) is -0.737. The van der Waals surface area contributed by atoms with Gasteiger partial charge in [0.2, 0.25) is 0 Å². The van der Waals surface area contributed by atoms with Crippen LogP contribution in [0.4, 0.5) is 0 Å². The van der Waals surface area contributed by atoms with E-state index < -0.39 is 39.2 Å². The van der Waals surface area contributed by atoms with Gasteiger partial charge in [0.05, 0.1) is 0 Å². The molecule has 0 aromatic heterocycles. The molecule has 4 heteroatoms. The van der Waals surface area contributed by atoms with Gasteiger partial charge in [-0.25, -0.2) is 0 Å². The third kappa shape index (κ3) is 13.1. The summed E-state index contributed by atoms with van der Waals surface area (Å²) in [4.78, 5) is 0. The molecule has 0 atom stereocenters. The summed E-state index contributed by atoms with van der Waals surface area (Å²) < 4.78 is 25.9. The standard InChI is InChI=1S/3O.Sr. The Morgan fingerprint density at radius 2 is 1.00 bits per heavy atom. The van der Waals surface area contributed by atoms with E-state index in [1.54, 1.807) is 0 Å². The van der Waals surface area contributed by atoms with Crippen molar-refractivity contribution in [3.8, 4) is 0 Å². The molecule has 0 amide bonds. The predicted molar refractivity (Wildman–Crippen MR) is 7.81 cm³/mol. The quantitative estimate of drug-likeness (QED) is 0.412. The van der Waals surface area contributed by atoms with Crippen LogP contribution in [0, 0.1) is 0 Å². The molecule has 0 rings (SSSR count). The fourth-order valence-electron chi connectivity index (χ4n) is 0. The molecule has 0 aliphatic heterocycles. The summed E-state index contributed by atoms with van der Waals surface area (Å²) in [5.74, 6) is 0. The monoisotopic (exact) mass is 136 g/mol. The Balaban J connectivity index is 4.65.